The molecule has 0 aromatic carbocycles. The van der Waals surface area contributed by atoms with Crippen molar-refractivity contribution in [1.82, 2.24) is 5.32 Å². The van der Waals surface area contributed by atoms with Crippen LogP contribution in [-0.2, 0) is 18.4 Å². The fourth-order valence-electron chi connectivity index (χ4n) is 8.17. The molecular weight excluding hydrogens is 912 g/mol. The summed E-state index contributed by atoms with van der Waals surface area (Å²) in [5.74, 6) is -0.233. The van der Waals surface area contributed by atoms with Crippen LogP contribution in [0.4, 0.5) is 0 Å². The number of allylic oxidation sites excluding steroid dienone is 15. The molecule has 0 saturated carbocycles. The Balaban J connectivity index is 4.31. The standard InChI is InChI=1S/C63H113N2O6P/c1-6-8-10-12-14-16-18-20-22-24-26-28-30-31-32-33-35-36-38-40-42-44-46-48-50-52-54-56-62(66)61(60-71-72(68,69)70-59-58-65(3,4)5)64-63(67)57-55-53-51-49-47-45-43-41-39-37-34-29-27-25-23-21-19-17-15-13-11-9-7-2/h9,11,15,17,21,23,27,29,37,39,43,45-46,48,54,56,61-62,66H,6-8,10,12-14,16,18-20,22,24-26,28,30-36,38,40-42,44,47,49-53,55,57-60H2,1-5H3,(H-,64,67,68,69)/b11-9-,17-15-,23-21-,29-27-,39-37-,45-43-,48-46+,56-54+. The molecular formula is C63H113N2O6P. The van der Waals surface area contributed by atoms with Gasteiger partial charge in [0.15, 0.2) is 0 Å². The summed E-state index contributed by atoms with van der Waals surface area (Å²) in [4.78, 5) is 25.5. The number of quaternary nitrogens is 1. The average molecular weight is 1030 g/mol. The number of carbonyl (C=O) groups excluding carboxylic acids is 1. The predicted molar refractivity (Wildman–Crippen MR) is 311 cm³/mol. The van der Waals surface area contributed by atoms with Crippen LogP contribution in [0.2, 0.25) is 0 Å². The Kier molecular flexibility index (Phi) is 51.3. The van der Waals surface area contributed by atoms with Crippen LogP contribution in [0, 0.1) is 0 Å². The quantitative estimate of drug-likeness (QED) is 0.0272. The first kappa shape index (κ1) is 69.4. The molecule has 0 aromatic rings. The van der Waals surface area contributed by atoms with E-state index in [0.29, 0.717) is 17.4 Å². The normalized spacial score (nSPS) is 14.6. The smallest absolute Gasteiger partial charge is 0.268 e. The number of phosphoric acid groups is 1. The van der Waals surface area contributed by atoms with Gasteiger partial charge in [-0.2, -0.15) is 0 Å². The fraction of sp³-hybridized carbons (Fsp3) is 0.730. The lowest BCUT2D eigenvalue weighted by Gasteiger charge is -2.29. The van der Waals surface area contributed by atoms with E-state index in [-0.39, 0.29) is 12.5 Å². The zero-order valence-electron chi connectivity index (χ0n) is 47.4. The minimum atomic E-state index is -4.62. The van der Waals surface area contributed by atoms with Gasteiger partial charge in [0.25, 0.3) is 7.82 Å². The Labute approximate surface area is 445 Å². The van der Waals surface area contributed by atoms with Crippen LogP contribution in [0.5, 0.6) is 0 Å². The number of hydrogen-bond donors (Lipinski definition) is 2. The van der Waals surface area contributed by atoms with Gasteiger partial charge in [0, 0.05) is 6.42 Å². The molecule has 0 aliphatic rings. The first-order valence-corrected chi connectivity index (χ1v) is 31.1. The van der Waals surface area contributed by atoms with Gasteiger partial charge in [0.05, 0.1) is 39.9 Å². The van der Waals surface area contributed by atoms with E-state index in [1.165, 1.54) is 135 Å². The van der Waals surface area contributed by atoms with E-state index < -0.39 is 26.6 Å². The molecule has 416 valence electrons. The van der Waals surface area contributed by atoms with E-state index in [1.807, 2.05) is 27.2 Å². The fourth-order valence-corrected chi connectivity index (χ4v) is 8.90. The Bertz CT molecular complexity index is 1490. The third-order valence-corrected chi connectivity index (χ3v) is 13.7. The van der Waals surface area contributed by atoms with Gasteiger partial charge < -0.3 is 28.8 Å². The lowest BCUT2D eigenvalue weighted by atomic mass is 10.0. The Morgan fingerprint density at radius 3 is 1.29 bits per heavy atom. The summed E-state index contributed by atoms with van der Waals surface area (Å²) in [6.07, 6.45) is 76.4. The van der Waals surface area contributed by atoms with Crippen LogP contribution in [0.25, 0.3) is 0 Å². The highest BCUT2D eigenvalue weighted by Crippen LogP contribution is 2.38. The van der Waals surface area contributed by atoms with Gasteiger partial charge in [0.1, 0.15) is 13.2 Å². The number of aliphatic hydroxyl groups is 1. The van der Waals surface area contributed by atoms with Crippen molar-refractivity contribution >= 4 is 13.7 Å². The minimum Gasteiger partial charge on any atom is -0.756 e. The molecule has 0 rings (SSSR count). The average Bonchev–Trinajstić information content (AvgIpc) is 3.34. The molecule has 3 unspecified atom stereocenters. The van der Waals surface area contributed by atoms with Crippen molar-refractivity contribution in [2.24, 2.45) is 0 Å². The molecule has 1 amide bonds. The van der Waals surface area contributed by atoms with Crippen molar-refractivity contribution in [3.63, 3.8) is 0 Å². The van der Waals surface area contributed by atoms with Crippen molar-refractivity contribution in [2.75, 3.05) is 40.9 Å². The number of aliphatic hydroxyl groups excluding tert-OH is 1. The first-order chi connectivity index (χ1) is 35.0. The molecule has 0 saturated heterocycles. The van der Waals surface area contributed by atoms with E-state index in [9.17, 15) is 19.4 Å². The summed E-state index contributed by atoms with van der Waals surface area (Å²) >= 11 is 0. The monoisotopic (exact) mass is 1020 g/mol. The van der Waals surface area contributed by atoms with E-state index in [1.54, 1.807) is 6.08 Å². The molecule has 0 aliphatic carbocycles. The van der Waals surface area contributed by atoms with Gasteiger partial charge in [0.2, 0.25) is 5.91 Å². The number of nitrogens with zero attached hydrogens (tertiary/aromatic N) is 1. The van der Waals surface area contributed by atoms with E-state index in [2.05, 4.69) is 104 Å². The Morgan fingerprint density at radius 1 is 0.500 bits per heavy atom. The maximum absolute atomic E-state index is 13.0. The topological polar surface area (TPSA) is 108 Å². The zero-order chi connectivity index (χ0) is 52.7. The molecule has 2 N–H and O–H groups in total. The van der Waals surface area contributed by atoms with Crippen LogP contribution in [0.1, 0.15) is 245 Å². The van der Waals surface area contributed by atoms with Crippen LogP contribution in [0.3, 0.4) is 0 Å². The van der Waals surface area contributed by atoms with Gasteiger partial charge in [-0.05, 0) is 83.5 Å². The summed E-state index contributed by atoms with van der Waals surface area (Å²) < 4.78 is 23.3. The van der Waals surface area contributed by atoms with Crippen molar-refractivity contribution in [1.29, 1.82) is 0 Å². The van der Waals surface area contributed by atoms with Gasteiger partial charge in [-0.1, -0.05) is 252 Å². The molecule has 0 spiro atoms. The number of likely N-dealkylation sites (N-methyl/N-ethyl adjacent to an activating group) is 1. The summed E-state index contributed by atoms with van der Waals surface area (Å²) in [5, 5.41) is 13.9. The maximum Gasteiger partial charge on any atom is 0.268 e. The third kappa shape index (κ3) is 55.2. The lowest BCUT2D eigenvalue weighted by molar-refractivity contribution is -0.870. The van der Waals surface area contributed by atoms with Crippen LogP contribution >= 0.6 is 7.82 Å². The van der Waals surface area contributed by atoms with Gasteiger partial charge >= 0.3 is 0 Å². The Morgan fingerprint density at radius 2 is 0.861 bits per heavy atom. The number of carbonyl (C=O) groups is 1. The van der Waals surface area contributed by atoms with Crippen LogP contribution in [-0.4, -0.2) is 68.5 Å². The summed E-state index contributed by atoms with van der Waals surface area (Å²) in [5.41, 5.74) is 0. The van der Waals surface area contributed by atoms with E-state index >= 15 is 0 Å². The van der Waals surface area contributed by atoms with Crippen molar-refractivity contribution in [3.05, 3.63) is 97.2 Å². The highest BCUT2D eigenvalue weighted by Gasteiger charge is 2.23. The Hall–Kier alpha value is -2.58. The number of hydrogen-bond acceptors (Lipinski definition) is 6. The van der Waals surface area contributed by atoms with E-state index in [0.717, 1.165) is 89.9 Å². The van der Waals surface area contributed by atoms with Crippen LogP contribution < -0.4 is 10.2 Å². The summed E-state index contributed by atoms with van der Waals surface area (Å²) in [6, 6.07) is -0.925. The number of nitrogens with one attached hydrogen (secondary N) is 1. The van der Waals surface area contributed by atoms with Crippen molar-refractivity contribution < 1.29 is 32.9 Å². The maximum atomic E-state index is 13.0. The van der Waals surface area contributed by atoms with E-state index in [4.69, 9.17) is 9.05 Å². The lowest BCUT2D eigenvalue weighted by Crippen LogP contribution is -2.45. The largest absolute Gasteiger partial charge is 0.756 e. The molecule has 0 radical (unpaired) electrons. The molecule has 3 atom stereocenters. The number of unbranched alkanes of at least 4 members (excludes halogenated alkanes) is 26. The minimum absolute atomic E-state index is 0.0169. The van der Waals surface area contributed by atoms with Gasteiger partial charge in [-0.15, -0.1) is 0 Å². The second-order valence-corrected chi connectivity index (χ2v) is 22.4. The number of rotatable bonds is 53. The molecule has 0 heterocycles. The molecule has 0 aromatic heterocycles. The zero-order valence-corrected chi connectivity index (χ0v) is 48.2. The molecule has 0 bridgehead atoms. The third-order valence-electron chi connectivity index (χ3n) is 12.8. The highest BCUT2D eigenvalue weighted by molar-refractivity contribution is 7.45. The predicted octanol–water partition coefficient (Wildman–Crippen LogP) is 17.6. The highest BCUT2D eigenvalue weighted by atomic mass is 31.2. The molecule has 9 heteroatoms. The first-order valence-electron chi connectivity index (χ1n) is 29.6. The molecule has 72 heavy (non-hydrogen) atoms. The summed E-state index contributed by atoms with van der Waals surface area (Å²) in [6.45, 7) is 4.50. The van der Waals surface area contributed by atoms with Crippen molar-refractivity contribution in [3.8, 4) is 0 Å². The van der Waals surface area contributed by atoms with Crippen LogP contribution in [0.15, 0.2) is 97.2 Å². The number of amides is 1. The number of phosphoric ester groups is 1. The SMILES string of the molecule is CC/C=C\C/C=C\C/C=C\C/C=C\C/C=C\C/C=C\CCCCCCC(=O)NC(COP(=O)([O-])OCC[N+](C)(C)C)C(O)/C=C/CC/C=C/CCCCCCCCCCCCCCCCCCCCCCC. The second kappa shape index (κ2) is 53.3. The molecule has 8 nitrogen and oxygen atoms in total. The van der Waals surface area contributed by atoms with Crippen molar-refractivity contribution in [2.45, 2.75) is 257 Å². The van der Waals surface area contributed by atoms with Gasteiger partial charge in [-0.3, -0.25) is 9.36 Å². The molecule has 0 fully saturated rings. The van der Waals surface area contributed by atoms with Gasteiger partial charge in [-0.25, -0.2) is 0 Å². The summed E-state index contributed by atoms with van der Waals surface area (Å²) in [7, 11) is 1.21. The molecule has 0 aliphatic heterocycles. The second-order valence-electron chi connectivity index (χ2n) is 21.0.